The number of oxazole rings is 1. The minimum absolute atomic E-state index is 0.459. The first-order chi connectivity index (χ1) is 13.9. The third kappa shape index (κ3) is 8.77. The van der Waals surface area contributed by atoms with E-state index in [4.69, 9.17) is 9.41 Å². The molecule has 2 heterocycles. The van der Waals surface area contributed by atoms with Gasteiger partial charge in [0.2, 0.25) is 5.89 Å². The highest BCUT2D eigenvalue weighted by atomic mass is 16.4. The maximum atomic E-state index is 5.74. The fourth-order valence-corrected chi connectivity index (χ4v) is 3.80. The van der Waals surface area contributed by atoms with Crippen molar-refractivity contribution in [1.29, 1.82) is 0 Å². The first-order valence-electron chi connectivity index (χ1n) is 11.6. The number of hydrogen-bond donors (Lipinski definition) is 2. The Bertz CT molecular complexity index is 597. The molecule has 0 aromatic carbocycles. The van der Waals surface area contributed by atoms with E-state index < -0.39 is 0 Å². The molecule has 1 unspecified atom stereocenters. The number of rotatable bonds is 10. The van der Waals surface area contributed by atoms with Gasteiger partial charge in [-0.3, -0.25) is 9.89 Å². The van der Waals surface area contributed by atoms with E-state index in [0.717, 1.165) is 61.9 Å². The summed E-state index contributed by atoms with van der Waals surface area (Å²) in [6.07, 6.45) is 6.13. The second-order valence-corrected chi connectivity index (χ2v) is 9.06. The average Bonchev–Trinajstić information content (AvgIpc) is 2.98. The molecule has 1 aromatic heterocycles. The minimum atomic E-state index is 0.459. The van der Waals surface area contributed by atoms with Gasteiger partial charge in [0.05, 0.1) is 12.2 Å². The summed E-state index contributed by atoms with van der Waals surface area (Å²) in [5, 5.41) is 7.00. The van der Waals surface area contributed by atoms with Crippen molar-refractivity contribution in [2.45, 2.75) is 86.2 Å². The molecule has 1 aliphatic heterocycles. The van der Waals surface area contributed by atoms with Crippen LogP contribution in [0.3, 0.4) is 0 Å². The fraction of sp³-hybridized carbons (Fsp3) is 0.826. The molecular weight excluding hydrogens is 362 g/mol. The molecule has 1 aromatic rings. The number of aliphatic imine (C=N–C) groups is 1. The number of nitrogens with one attached hydrogen (secondary N) is 2. The summed E-state index contributed by atoms with van der Waals surface area (Å²) < 4.78 is 5.74. The smallest absolute Gasteiger partial charge is 0.208 e. The molecule has 2 rings (SSSR count). The van der Waals surface area contributed by atoms with Gasteiger partial charge in [0.1, 0.15) is 5.76 Å². The molecule has 0 amide bonds. The zero-order valence-corrected chi connectivity index (χ0v) is 19.6. The zero-order valence-electron chi connectivity index (χ0n) is 19.6. The maximum Gasteiger partial charge on any atom is 0.208 e. The molecule has 0 bridgehead atoms. The standard InChI is InChI=1S/C23H43N5O/c1-7-24-23(26-18(4)10-8-9-17(2)3)25-15-21-11-13-28(14-12-21)16-22-27-19(5)20(6)29-22/h17-18,21H,7-16H2,1-6H3,(H2,24,25,26). The summed E-state index contributed by atoms with van der Waals surface area (Å²) in [6.45, 7) is 17.8. The van der Waals surface area contributed by atoms with E-state index in [0.29, 0.717) is 12.0 Å². The molecule has 0 radical (unpaired) electrons. The lowest BCUT2D eigenvalue weighted by atomic mass is 9.97. The second-order valence-electron chi connectivity index (χ2n) is 9.06. The summed E-state index contributed by atoms with van der Waals surface area (Å²) in [5.41, 5.74) is 1.01. The Morgan fingerprint density at radius 1 is 1.21 bits per heavy atom. The van der Waals surface area contributed by atoms with Gasteiger partial charge in [0.25, 0.3) is 0 Å². The molecule has 29 heavy (non-hydrogen) atoms. The van der Waals surface area contributed by atoms with Gasteiger partial charge < -0.3 is 15.1 Å². The van der Waals surface area contributed by atoms with Crippen molar-refractivity contribution in [3.63, 3.8) is 0 Å². The van der Waals surface area contributed by atoms with E-state index >= 15 is 0 Å². The predicted octanol–water partition coefficient (Wildman–Crippen LogP) is 4.27. The molecule has 6 heteroatoms. The SMILES string of the molecule is CCNC(=NCC1CCN(Cc2nc(C)c(C)o2)CC1)NC(C)CCCC(C)C. The number of likely N-dealkylation sites (tertiary alicyclic amines) is 1. The third-order valence-corrected chi connectivity index (χ3v) is 5.79. The number of guanidine groups is 1. The van der Waals surface area contributed by atoms with Crippen LogP contribution in [-0.4, -0.2) is 48.1 Å². The van der Waals surface area contributed by atoms with Crippen molar-refractivity contribution < 1.29 is 4.42 Å². The quantitative estimate of drug-likeness (QED) is 0.449. The van der Waals surface area contributed by atoms with E-state index in [1.165, 1.54) is 32.1 Å². The summed E-state index contributed by atoms with van der Waals surface area (Å²) in [5.74, 6) is 4.20. The van der Waals surface area contributed by atoms with Crippen molar-refractivity contribution in [2.24, 2.45) is 16.8 Å². The van der Waals surface area contributed by atoms with Gasteiger partial charge in [-0.15, -0.1) is 0 Å². The van der Waals surface area contributed by atoms with Crippen molar-refractivity contribution in [3.8, 4) is 0 Å². The van der Waals surface area contributed by atoms with Crippen LogP contribution in [0.25, 0.3) is 0 Å². The summed E-state index contributed by atoms with van der Waals surface area (Å²) in [6, 6.07) is 0.459. The molecule has 0 spiro atoms. The fourth-order valence-electron chi connectivity index (χ4n) is 3.80. The van der Waals surface area contributed by atoms with Gasteiger partial charge in [-0.05, 0) is 71.9 Å². The van der Waals surface area contributed by atoms with Gasteiger partial charge in [-0.1, -0.05) is 26.7 Å². The molecular formula is C23H43N5O. The predicted molar refractivity (Wildman–Crippen MR) is 121 cm³/mol. The van der Waals surface area contributed by atoms with E-state index in [2.05, 4.69) is 48.2 Å². The Kier molecular flexibility index (Phi) is 9.98. The average molecular weight is 406 g/mol. The Morgan fingerprint density at radius 2 is 1.93 bits per heavy atom. The molecule has 1 saturated heterocycles. The zero-order chi connectivity index (χ0) is 21.2. The molecule has 6 nitrogen and oxygen atoms in total. The van der Waals surface area contributed by atoms with E-state index in [1.54, 1.807) is 0 Å². The summed E-state index contributed by atoms with van der Waals surface area (Å²) >= 11 is 0. The normalized spacial score (nSPS) is 17.7. The lowest BCUT2D eigenvalue weighted by Crippen LogP contribution is -2.42. The molecule has 0 saturated carbocycles. The topological polar surface area (TPSA) is 65.7 Å². The largest absolute Gasteiger partial charge is 0.444 e. The highest BCUT2D eigenvalue weighted by Gasteiger charge is 2.21. The number of hydrogen-bond acceptors (Lipinski definition) is 4. The monoisotopic (exact) mass is 405 g/mol. The van der Waals surface area contributed by atoms with E-state index in [-0.39, 0.29) is 0 Å². The van der Waals surface area contributed by atoms with Crippen LogP contribution in [0.1, 0.15) is 77.1 Å². The number of aryl methyl sites for hydroxylation is 2. The van der Waals surface area contributed by atoms with Crippen LogP contribution in [0, 0.1) is 25.7 Å². The highest BCUT2D eigenvalue weighted by molar-refractivity contribution is 5.80. The molecule has 1 aliphatic rings. The summed E-state index contributed by atoms with van der Waals surface area (Å²) in [7, 11) is 0. The first-order valence-corrected chi connectivity index (χ1v) is 11.6. The van der Waals surface area contributed by atoms with Crippen LogP contribution in [0.4, 0.5) is 0 Å². The Balaban J connectivity index is 1.73. The van der Waals surface area contributed by atoms with E-state index in [9.17, 15) is 0 Å². The Hall–Kier alpha value is -1.56. The molecule has 2 N–H and O–H groups in total. The Labute approximate surface area is 177 Å². The van der Waals surface area contributed by atoms with Gasteiger partial charge >= 0.3 is 0 Å². The van der Waals surface area contributed by atoms with E-state index in [1.807, 2.05) is 13.8 Å². The van der Waals surface area contributed by atoms with Crippen LogP contribution in [0.15, 0.2) is 9.41 Å². The molecule has 0 aliphatic carbocycles. The number of aromatic nitrogens is 1. The van der Waals surface area contributed by atoms with Crippen LogP contribution < -0.4 is 10.6 Å². The summed E-state index contributed by atoms with van der Waals surface area (Å²) in [4.78, 5) is 11.9. The van der Waals surface area contributed by atoms with Gasteiger partial charge in [0, 0.05) is 19.1 Å². The van der Waals surface area contributed by atoms with Gasteiger partial charge in [-0.2, -0.15) is 0 Å². The maximum absolute atomic E-state index is 5.74. The second kappa shape index (κ2) is 12.2. The van der Waals surface area contributed by atoms with Crippen molar-refractivity contribution in [3.05, 3.63) is 17.3 Å². The van der Waals surface area contributed by atoms with Crippen molar-refractivity contribution >= 4 is 5.96 Å². The number of nitrogens with zero attached hydrogens (tertiary/aromatic N) is 3. The van der Waals surface area contributed by atoms with Crippen LogP contribution in [0.2, 0.25) is 0 Å². The minimum Gasteiger partial charge on any atom is -0.444 e. The first kappa shape index (κ1) is 23.7. The number of piperidine rings is 1. The lowest BCUT2D eigenvalue weighted by molar-refractivity contribution is 0.166. The third-order valence-electron chi connectivity index (χ3n) is 5.79. The van der Waals surface area contributed by atoms with Crippen LogP contribution in [0.5, 0.6) is 0 Å². The van der Waals surface area contributed by atoms with Gasteiger partial charge in [0.15, 0.2) is 5.96 Å². The molecule has 1 atom stereocenters. The lowest BCUT2D eigenvalue weighted by Gasteiger charge is -2.30. The van der Waals surface area contributed by atoms with Crippen molar-refractivity contribution in [2.75, 3.05) is 26.2 Å². The van der Waals surface area contributed by atoms with Crippen molar-refractivity contribution in [1.82, 2.24) is 20.5 Å². The molecule has 1 fully saturated rings. The van der Waals surface area contributed by atoms with Gasteiger partial charge in [-0.25, -0.2) is 4.98 Å². The highest BCUT2D eigenvalue weighted by Crippen LogP contribution is 2.20. The van der Waals surface area contributed by atoms with Crippen LogP contribution >= 0.6 is 0 Å². The molecule has 166 valence electrons. The Morgan fingerprint density at radius 3 is 2.52 bits per heavy atom. The van der Waals surface area contributed by atoms with Crippen LogP contribution in [-0.2, 0) is 6.54 Å².